The summed E-state index contributed by atoms with van der Waals surface area (Å²) in [7, 11) is 0. The first-order valence-corrected chi connectivity index (χ1v) is 9.71. The minimum absolute atomic E-state index is 0.0124. The van der Waals surface area contributed by atoms with Crippen molar-refractivity contribution in [2.45, 2.75) is 20.8 Å². The Morgan fingerprint density at radius 3 is 1.96 bits per heavy atom. The lowest BCUT2D eigenvalue weighted by molar-refractivity contribution is 0.0463. The number of para-hydroxylation sites is 1. The number of ether oxygens (including phenoxy) is 3. The number of carbonyl (C=O) groups excluding carboxylic acids is 3. The van der Waals surface area contributed by atoms with Gasteiger partial charge in [0.2, 0.25) is 0 Å². The summed E-state index contributed by atoms with van der Waals surface area (Å²) in [5, 5.41) is 0. The van der Waals surface area contributed by atoms with Gasteiger partial charge in [0.15, 0.2) is 0 Å². The van der Waals surface area contributed by atoms with Gasteiger partial charge in [0.1, 0.15) is 5.56 Å². The predicted octanol–water partition coefficient (Wildman–Crippen LogP) is 3.93. The summed E-state index contributed by atoms with van der Waals surface area (Å²) in [4.78, 5) is 43.1. The van der Waals surface area contributed by atoms with Gasteiger partial charge in [-0.2, -0.15) is 0 Å². The van der Waals surface area contributed by atoms with E-state index in [2.05, 4.69) is 4.98 Å². The molecule has 0 bridgehead atoms. The highest BCUT2D eigenvalue weighted by atomic mass is 32.1. The summed E-state index contributed by atoms with van der Waals surface area (Å²) in [6.45, 7) is 5.28. The smallest absolute Gasteiger partial charge is 0.341 e. The quantitative estimate of drug-likeness (QED) is 0.456. The van der Waals surface area contributed by atoms with Gasteiger partial charge in [0.25, 0.3) is 0 Å². The highest BCUT2D eigenvalue weighted by molar-refractivity contribution is 7.21. The van der Waals surface area contributed by atoms with E-state index in [9.17, 15) is 14.4 Å². The van der Waals surface area contributed by atoms with Crippen LogP contribution >= 0.6 is 11.3 Å². The van der Waals surface area contributed by atoms with Gasteiger partial charge in [0, 0.05) is 0 Å². The van der Waals surface area contributed by atoms with Crippen molar-refractivity contribution in [1.29, 1.82) is 0 Å². The molecule has 1 aromatic rings. The molecule has 2 aliphatic rings. The second-order valence-electron chi connectivity index (χ2n) is 5.65. The number of rotatable bonds is 6. The first kappa shape index (κ1) is 19.8. The molecular weight excluding hydrogens is 382 g/mol. The van der Waals surface area contributed by atoms with Gasteiger partial charge in [0.05, 0.1) is 51.7 Å². The van der Waals surface area contributed by atoms with Crippen molar-refractivity contribution in [3.63, 3.8) is 0 Å². The van der Waals surface area contributed by atoms with E-state index in [4.69, 9.17) is 14.2 Å². The number of carbonyl (C=O) groups is 3. The molecule has 8 heteroatoms. The van der Waals surface area contributed by atoms with Crippen LogP contribution in [0.25, 0.3) is 20.8 Å². The molecule has 3 rings (SSSR count). The fourth-order valence-corrected chi connectivity index (χ4v) is 3.99. The molecule has 0 saturated heterocycles. The van der Waals surface area contributed by atoms with Gasteiger partial charge in [-0.15, -0.1) is 11.3 Å². The molecule has 0 N–H and O–H groups in total. The topological polar surface area (TPSA) is 91.8 Å². The van der Waals surface area contributed by atoms with Crippen LogP contribution in [-0.4, -0.2) is 42.7 Å². The van der Waals surface area contributed by atoms with E-state index in [1.807, 2.05) is 18.2 Å². The molecule has 1 aliphatic heterocycles. The molecule has 1 heterocycles. The number of fused-ring (bicyclic) bond motifs is 2. The van der Waals surface area contributed by atoms with Gasteiger partial charge in [-0.1, -0.05) is 12.1 Å². The fraction of sp³-hybridized carbons (Fsp3) is 0.300. The Hall–Kier alpha value is -3.00. The van der Waals surface area contributed by atoms with Crippen LogP contribution in [0.2, 0.25) is 0 Å². The molecule has 7 nitrogen and oxygen atoms in total. The zero-order chi connectivity index (χ0) is 20.3. The maximum Gasteiger partial charge on any atom is 0.341 e. The van der Waals surface area contributed by atoms with E-state index in [-0.39, 0.29) is 42.2 Å². The molecule has 28 heavy (non-hydrogen) atoms. The Balaban J connectivity index is 2.42. The van der Waals surface area contributed by atoms with E-state index in [1.54, 1.807) is 26.8 Å². The lowest BCUT2D eigenvalue weighted by Crippen LogP contribution is -2.16. The summed E-state index contributed by atoms with van der Waals surface area (Å²) in [5.41, 5.74) is 0.629. The Kier molecular flexibility index (Phi) is 5.89. The summed E-state index contributed by atoms with van der Waals surface area (Å²) in [5.74, 6) is -2.23. The molecule has 0 spiro atoms. The Bertz CT molecular complexity index is 954. The number of benzene rings is 1. The van der Waals surface area contributed by atoms with Crippen LogP contribution in [0.4, 0.5) is 0 Å². The molecule has 0 aromatic heterocycles. The average molecular weight is 401 g/mol. The van der Waals surface area contributed by atoms with Crippen LogP contribution in [0.15, 0.2) is 24.3 Å². The van der Waals surface area contributed by atoms with E-state index >= 15 is 0 Å². The molecule has 0 saturated carbocycles. The minimum Gasteiger partial charge on any atom is -0.462 e. The van der Waals surface area contributed by atoms with E-state index in [1.165, 1.54) is 11.3 Å². The number of nitrogens with zero attached hydrogens (tertiary/aromatic N) is 1. The average Bonchev–Trinajstić information content (AvgIpc) is 3.01. The highest BCUT2D eigenvalue weighted by Gasteiger charge is 2.38. The number of aromatic nitrogens is 1. The first-order valence-electron chi connectivity index (χ1n) is 8.89. The van der Waals surface area contributed by atoms with E-state index < -0.39 is 17.9 Å². The first-order chi connectivity index (χ1) is 13.5. The van der Waals surface area contributed by atoms with Crippen LogP contribution in [-0.2, 0) is 14.2 Å². The van der Waals surface area contributed by atoms with Gasteiger partial charge in [-0.05, 0) is 32.9 Å². The standard InChI is InChI=1S/C20H19NO6S/c1-4-25-18(22)13-14(19(23)26-5-2)16-17(15(13)20(24)27-6-3)28-12-10-8-7-9-11(12)21-16/h7-10H,4-6H2,1-3H3. The van der Waals surface area contributed by atoms with Gasteiger partial charge < -0.3 is 14.2 Å². The maximum atomic E-state index is 12.7. The van der Waals surface area contributed by atoms with Crippen molar-refractivity contribution in [3.05, 3.63) is 41.0 Å². The summed E-state index contributed by atoms with van der Waals surface area (Å²) < 4.78 is 16.2. The fourth-order valence-electron chi connectivity index (χ4n) is 2.87. The van der Waals surface area contributed by atoms with Crippen LogP contribution in [0.1, 0.15) is 51.8 Å². The van der Waals surface area contributed by atoms with Gasteiger partial charge in [-0.3, -0.25) is 0 Å². The second-order valence-corrected chi connectivity index (χ2v) is 6.70. The van der Waals surface area contributed by atoms with Crippen LogP contribution in [0.5, 0.6) is 0 Å². The summed E-state index contributed by atoms with van der Waals surface area (Å²) in [6, 6.07) is 7.31. The summed E-state index contributed by atoms with van der Waals surface area (Å²) in [6.07, 6.45) is 0. The Morgan fingerprint density at radius 2 is 1.36 bits per heavy atom. The second kappa shape index (κ2) is 8.35. The van der Waals surface area contributed by atoms with Crippen LogP contribution in [0, 0.1) is 0 Å². The largest absolute Gasteiger partial charge is 0.462 e. The van der Waals surface area contributed by atoms with Crippen LogP contribution < -0.4 is 0 Å². The third-order valence-corrected chi connectivity index (χ3v) is 5.09. The van der Waals surface area contributed by atoms with Crippen LogP contribution in [0.3, 0.4) is 0 Å². The third kappa shape index (κ3) is 3.43. The van der Waals surface area contributed by atoms with Crippen molar-refractivity contribution in [2.24, 2.45) is 0 Å². The zero-order valence-corrected chi connectivity index (χ0v) is 16.6. The van der Waals surface area contributed by atoms with Crippen molar-refractivity contribution < 1.29 is 28.6 Å². The maximum absolute atomic E-state index is 12.7. The summed E-state index contributed by atoms with van der Waals surface area (Å²) >= 11 is 1.26. The van der Waals surface area contributed by atoms with E-state index in [0.717, 1.165) is 4.70 Å². The Labute approximate surface area is 165 Å². The van der Waals surface area contributed by atoms with Gasteiger partial charge in [-0.25, -0.2) is 19.4 Å². The highest BCUT2D eigenvalue weighted by Crippen LogP contribution is 2.42. The molecule has 0 atom stereocenters. The molecule has 1 aliphatic carbocycles. The molecule has 0 amide bonds. The van der Waals surface area contributed by atoms with Gasteiger partial charge >= 0.3 is 17.9 Å². The van der Waals surface area contributed by atoms with Crippen molar-refractivity contribution >= 4 is 39.5 Å². The SMILES string of the molecule is CCOC(=O)c1c2nc3ccccc3sc-2c(C(=O)OCC)c1C(=O)OCC. The molecule has 1 aromatic carbocycles. The zero-order valence-electron chi connectivity index (χ0n) is 15.7. The number of hydrogen-bond donors (Lipinski definition) is 0. The van der Waals surface area contributed by atoms with Crippen molar-refractivity contribution in [1.82, 2.24) is 4.98 Å². The minimum atomic E-state index is -0.789. The van der Waals surface area contributed by atoms with Crippen molar-refractivity contribution in [2.75, 3.05) is 19.8 Å². The lowest BCUT2D eigenvalue weighted by atomic mass is 10.1. The lowest BCUT2D eigenvalue weighted by Gasteiger charge is -2.07. The molecular formula is C20H19NO6S. The normalized spacial score (nSPS) is 10.8. The Morgan fingerprint density at radius 1 is 0.821 bits per heavy atom. The van der Waals surface area contributed by atoms with E-state index in [0.29, 0.717) is 10.4 Å². The predicted molar refractivity (Wildman–Crippen MR) is 104 cm³/mol. The number of hydrogen-bond acceptors (Lipinski definition) is 8. The monoisotopic (exact) mass is 401 g/mol. The van der Waals surface area contributed by atoms with Crippen molar-refractivity contribution in [3.8, 4) is 10.6 Å². The third-order valence-electron chi connectivity index (χ3n) is 3.93. The molecule has 146 valence electrons. The molecule has 0 fully saturated rings. The number of esters is 3. The molecule has 0 unspecified atom stereocenters. The molecule has 0 radical (unpaired) electrons.